The van der Waals surface area contributed by atoms with Gasteiger partial charge in [0.15, 0.2) is 0 Å². The predicted octanol–water partition coefficient (Wildman–Crippen LogP) is 4.95. The lowest BCUT2D eigenvalue weighted by molar-refractivity contribution is 0.680. The maximum atomic E-state index is 6.49. The van der Waals surface area contributed by atoms with Crippen LogP contribution >= 0.6 is 22.9 Å². The lowest BCUT2D eigenvalue weighted by Gasteiger charge is -2.03. The first-order valence-corrected chi connectivity index (χ1v) is 9.31. The molecule has 26 heavy (non-hydrogen) atoms. The molecule has 0 amide bonds. The summed E-state index contributed by atoms with van der Waals surface area (Å²) in [5.41, 5.74) is 6.72. The Morgan fingerprint density at radius 3 is 2.73 bits per heavy atom. The Morgan fingerprint density at radius 2 is 1.92 bits per heavy atom. The molecule has 0 aliphatic rings. The normalized spacial score (nSPS) is 11.5. The van der Waals surface area contributed by atoms with Crippen molar-refractivity contribution in [3.8, 4) is 0 Å². The summed E-state index contributed by atoms with van der Waals surface area (Å²) in [5.74, 6) is 0. The highest BCUT2D eigenvalue weighted by Crippen LogP contribution is 2.25. The molecule has 2 heterocycles. The van der Waals surface area contributed by atoms with Gasteiger partial charge in [-0.3, -0.25) is 5.43 Å². The monoisotopic (exact) mass is 381 g/mol. The van der Waals surface area contributed by atoms with Crippen LogP contribution in [0.3, 0.4) is 0 Å². The van der Waals surface area contributed by atoms with Gasteiger partial charge in [-0.05, 0) is 24.6 Å². The number of fused-ring (bicyclic) bond motifs is 1. The zero-order chi connectivity index (χ0) is 17.9. The van der Waals surface area contributed by atoms with Crippen LogP contribution in [0.4, 0.5) is 5.13 Å². The highest BCUT2D eigenvalue weighted by Gasteiger charge is 2.12. The molecular weight excluding hydrogens is 366 g/mol. The Labute approximate surface area is 160 Å². The van der Waals surface area contributed by atoms with E-state index in [0.29, 0.717) is 11.7 Å². The number of thiazole rings is 1. The van der Waals surface area contributed by atoms with Crippen molar-refractivity contribution in [2.45, 2.75) is 13.5 Å². The van der Waals surface area contributed by atoms with E-state index in [9.17, 15) is 0 Å². The standard InChI is InChI=1S/C19H16ClN5S/c1-13-15(18(20)25(24-13)12-14-7-3-2-4-8-14)11-21-23-19-22-16-9-5-6-10-17(16)26-19/h2-11H,12H2,1H3,(H,22,23)/b21-11-. The van der Waals surface area contributed by atoms with Gasteiger partial charge in [0.05, 0.1) is 34.2 Å². The molecular formula is C19H16ClN5S. The smallest absolute Gasteiger partial charge is 0.204 e. The van der Waals surface area contributed by atoms with E-state index in [0.717, 1.165) is 32.2 Å². The van der Waals surface area contributed by atoms with Crippen molar-refractivity contribution in [1.82, 2.24) is 14.8 Å². The second kappa shape index (κ2) is 7.27. The van der Waals surface area contributed by atoms with Crippen molar-refractivity contribution >= 4 is 44.5 Å². The zero-order valence-electron chi connectivity index (χ0n) is 14.1. The van der Waals surface area contributed by atoms with Crippen molar-refractivity contribution in [2.75, 3.05) is 5.43 Å². The number of halogens is 1. The summed E-state index contributed by atoms with van der Waals surface area (Å²) in [7, 11) is 0. The molecule has 0 saturated carbocycles. The number of benzene rings is 2. The van der Waals surface area contributed by atoms with E-state index >= 15 is 0 Å². The third-order valence-electron chi connectivity index (χ3n) is 3.93. The number of hydrazone groups is 1. The molecule has 0 aliphatic heterocycles. The summed E-state index contributed by atoms with van der Waals surface area (Å²) in [4.78, 5) is 4.49. The Bertz CT molecular complexity index is 1040. The summed E-state index contributed by atoms with van der Waals surface area (Å²) in [5, 5.41) is 10.1. The lowest BCUT2D eigenvalue weighted by atomic mass is 10.2. The maximum absolute atomic E-state index is 6.49. The third kappa shape index (κ3) is 3.47. The van der Waals surface area contributed by atoms with Gasteiger partial charge in [0.1, 0.15) is 5.15 Å². The number of para-hydroxylation sites is 1. The minimum absolute atomic E-state index is 0.571. The average molecular weight is 382 g/mol. The van der Waals surface area contributed by atoms with Crippen molar-refractivity contribution in [2.24, 2.45) is 5.10 Å². The summed E-state index contributed by atoms with van der Waals surface area (Å²) < 4.78 is 2.90. The van der Waals surface area contributed by atoms with Gasteiger partial charge in [-0.15, -0.1) is 0 Å². The van der Waals surface area contributed by atoms with E-state index in [4.69, 9.17) is 11.6 Å². The minimum Gasteiger partial charge on any atom is -0.253 e. The van der Waals surface area contributed by atoms with Crippen molar-refractivity contribution in [3.63, 3.8) is 0 Å². The SMILES string of the molecule is Cc1nn(Cc2ccccc2)c(Cl)c1/C=N\Nc1nc2ccccc2s1. The van der Waals surface area contributed by atoms with Gasteiger partial charge < -0.3 is 0 Å². The molecule has 0 aliphatic carbocycles. The molecule has 0 radical (unpaired) electrons. The Hall–Kier alpha value is -2.70. The van der Waals surface area contributed by atoms with Gasteiger partial charge >= 0.3 is 0 Å². The summed E-state index contributed by atoms with van der Waals surface area (Å²) in [6.07, 6.45) is 1.69. The molecule has 0 bridgehead atoms. The molecule has 2 aromatic carbocycles. The van der Waals surface area contributed by atoms with Crippen LogP contribution in [-0.4, -0.2) is 21.0 Å². The van der Waals surface area contributed by atoms with E-state index in [-0.39, 0.29) is 0 Å². The number of anilines is 1. The fourth-order valence-corrected chi connectivity index (χ4v) is 3.75. The number of aromatic nitrogens is 3. The number of hydrogen-bond donors (Lipinski definition) is 1. The molecule has 0 saturated heterocycles. The molecule has 0 atom stereocenters. The number of hydrogen-bond acceptors (Lipinski definition) is 5. The lowest BCUT2D eigenvalue weighted by Crippen LogP contribution is -2.01. The van der Waals surface area contributed by atoms with Crippen LogP contribution in [-0.2, 0) is 6.54 Å². The van der Waals surface area contributed by atoms with E-state index in [2.05, 4.69) is 32.7 Å². The van der Waals surface area contributed by atoms with Crippen molar-refractivity contribution in [1.29, 1.82) is 0 Å². The van der Waals surface area contributed by atoms with E-state index in [1.807, 2.05) is 49.4 Å². The van der Waals surface area contributed by atoms with E-state index in [1.165, 1.54) is 0 Å². The molecule has 2 aromatic heterocycles. The minimum atomic E-state index is 0.571. The summed E-state index contributed by atoms with van der Waals surface area (Å²) in [6.45, 7) is 2.55. The second-order valence-corrected chi connectivity index (χ2v) is 7.18. The quantitative estimate of drug-likeness (QED) is 0.393. The molecule has 5 nitrogen and oxygen atoms in total. The largest absolute Gasteiger partial charge is 0.253 e. The Kier molecular flexibility index (Phi) is 4.69. The van der Waals surface area contributed by atoms with Crippen LogP contribution in [0.5, 0.6) is 0 Å². The van der Waals surface area contributed by atoms with Crippen LogP contribution in [0.2, 0.25) is 5.15 Å². The van der Waals surface area contributed by atoms with Gasteiger partial charge in [-0.1, -0.05) is 65.4 Å². The topological polar surface area (TPSA) is 55.1 Å². The molecule has 4 rings (SSSR count). The first-order valence-electron chi connectivity index (χ1n) is 8.12. The van der Waals surface area contributed by atoms with Crippen molar-refractivity contribution < 1.29 is 0 Å². The molecule has 1 N–H and O–H groups in total. The van der Waals surface area contributed by atoms with Crippen LogP contribution in [0, 0.1) is 6.92 Å². The van der Waals surface area contributed by atoms with Gasteiger partial charge in [0, 0.05) is 0 Å². The van der Waals surface area contributed by atoms with Gasteiger partial charge in [-0.25, -0.2) is 9.67 Å². The van der Waals surface area contributed by atoms with Crippen LogP contribution in [0.1, 0.15) is 16.8 Å². The van der Waals surface area contributed by atoms with Gasteiger partial charge in [0.2, 0.25) is 5.13 Å². The number of nitrogens with zero attached hydrogens (tertiary/aromatic N) is 4. The molecule has 0 spiro atoms. The first kappa shape index (κ1) is 16.8. The fraction of sp³-hybridized carbons (Fsp3) is 0.105. The zero-order valence-corrected chi connectivity index (χ0v) is 15.6. The van der Waals surface area contributed by atoms with Gasteiger partial charge in [-0.2, -0.15) is 10.2 Å². The number of rotatable bonds is 5. The predicted molar refractivity (Wildman–Crippen MR) is 108 cm³/mol. The van der Waals surface area contributed by atoms with Crippen LogP contribution < -0.4 is 5.43 Å². The van der Waals surface area contributed by atoms with Crippen molar-refractivity contribution in [3.05, 3.63) is 76.6 Å². The first-order chi connectivity index (χ1) is 12.7. The molecule has 0 fully saturated rings. The Morgan fingerprint density at radius 1 is 1.15 bits per heavy atom. The molecule has 0 unspecified atom stereocenters. The van der Waals surface area contributed by atoms with Crippen LogP contribution in [0.25, 0.3) is 10.2 Å². The maximum Gasteiger partial charge on any atom is 0.204 e. The average Bonchev–Trinajstić information content (AvgIpc) is 3.18. The van der Waals surface area contributed by atoms with Crippen LogP contribution in [0.15, 0.2) is 59.7 Å². The van der Waals surface area contributed by atoms with Gasteiger partial charge in [0.25, 0.3) is 0 Å². The molecule has 4 aromatic rings. The van der Waals surface area contributed by atoms with E-state index in [1.54, 1.807) is 22.2 Å². The number of aryl methyl sites for hydroxylation is 1. The summed E-state index contributed by atoms with van der Waals surface area (Å²) >= 11 is 8.05. The summed E-state index contributed by atoms with van der Waals surface area (Å²) in [6, 6.07) is 18.1. The molecule has 130 valence electrons. The number of nitrogens with one attached hydrogen (secondary N) is 1. The third-order valence-corrected chi connectivity index (χ3v) is 5.27. The highest BCUT2D eigenvalue weighted by atomic mass is 35.5. The Balaban J connectivity index is 1.51. The highest BCUT2D eigenvalue weighted by molar-refractivity contribution is 7.22. The van der Waals surface area contributed by atoms with E-state index < -0.39 is 0 Å². The fourth-order valence-electron chi connectivity index (χ4n) is 2.65. The second-order valence-electron chi connectivity index (χ2n) is 5.79. The molecule has 7 heteroatoms.